The van der Waals surface area contributed by atoms with Gasteiger partial charge in [-0.1, -0.05) is 67.6 Å². The summed E-state index contributed by atoms with van der Waals surface area (Å²) in [5, 5.41) is 0. The van der Waals surface area contributed by atoms with E-state index in [1.165, 1.54) is 5.70 Å². The zero-order chi connectivity index (χ0) is 28.4. The first kappa shape index (κ1) is 28.5. The molecule has 5 rings (SSSR count). The third-order valence-electron chi connectivity index (χ3n) is 8.07. The van der Waals surface area contributed by atoms with Crippen LogP contribution in [0.4, 0.5) is 0 Å². The van der Waals surface area contributed by atoms with Crippen LogP contribution in [0.2, 0.25) is 0 Å². The summed E-state index contributed by atoms with van der Waals surface area (Å²) in [4.78, 5) is 26.3. The number of carbonyl (C=O) groups is 1. The lowest BCUT2D eigenvalue weighted by Crippen LogP contribution is -2.48. The van der Waals surface area contributed by atoms with E-state index in [0.29, 0.717) is 12.3 Å². The molecule has 1 aliphatic carbocycles. The van der Waals surface area contributed by atoms with Crippen molar-refractivity contribution in [1.82, 2.24) is 19.8 Å². The number of piperazine rings is 1. The first-order chi connectivity index (χ1) is 20.1. The van der Waals surface area contributed by atoms with Crippen molar-refractivity contribution in [2.75, 3.05) is 33.3 Å². The monoisotopic (exact) mass is 550 g/mol. The number of aromatic amines is 1. The molecular weight excluding hydrogens is 508 g/mol. The summed E-state index contributed by atoms with van der Waals surface area (Å²) >= 11 is 0. The number of ether oxygens (including phenoxy) is 1. The number of carbonyl (C=O) groups excluding carboxylic acids is 1. The number of aromatic nitrogens is 2. The summed E-state index contributed by atoms with van der Waals surface area (Å²) in [5.41, 5.74) is 5.56. The molecule has 3 aromatic rings. The fourth-order valence-corrected chi connectivity index (χ4v) is 5.73. The molecule has 1 atom stereocenters. The minimum absolute atomic E-state index is 0.252. The SMILES string of the molecule is COc1ccc(-c2nc(-c3ccccc3)c(CCCC(=O)N3CCN(C4=CCCC=CC=CCC4C)CC3)[nH]2)cc1. The van der Waals surface area contributed by atoms with Crippen LogP contribution in [0.1, 0.15) is 44.7 Å². The molecular formula is C35H42N4O2. The Balaban J connectivity index is 1.19. The second-order valence-corrected chi connectivity index (χ2v) is 10.9. The molecule has 1 fully saturated rings. The third kappa shape index (κ3) is 7.37. The Morgan fingerprint density at radius 2 is 1.71 bits per heavy atom. The number of hydrogen-bond acceptors (Lipinski definition) is 4. The first-order valence-corrected chi connectivity index (χ1v) is 15.0. The molecule has 2 aromatic carbocycles. The van der Waals surface area contributed by atoms with E-state index in [0.717, 1.165) is 92.4 Å². The Kier molecular flexibility index (Phi) is 9.74. The summed E-state index contributed by atoms with van der Waals surface area (Å²) < 4.78 is 5.31. The van der Waals surface area contributed by atoms with Gasteiger partial charge in [-0.2, -0.15) is 0 Å². The smallest absolute Gasteiger partial charge is 0.222 e. The fourth-order valence-electron chi connectivity index (χ4n) is 5.73. The highest BCUT2D eigenvalue weighted by Gasteiger charge is 2.24. The van der Waals surface area contributed by atoms with E-state index in [4.69, 9.17) is 9.72 Å². The number of rotatable bonds is 8. The molecule has 0 radical (unpaired) electrons. The van der Waals surface area contributed by atoms with Crippen molar-refractivity contribution in [2.45, 2.75) is 45.4 Å². The third-order valence-corrected chi connectivity index (χ3v) is 8.07. The fraction of sp³-hybridized carbons (Fsp3) is 0.371. The van der Waals surface area contributed by atoms with Crippen molar-refractivity contribution in [2.24, 2.45) is 5.92 Å². The van der Waals surface area contributed by atoms with Gasteiger partial charge in [0.15, 0.2) is 0 Å². The maximum atomic E-state index is 13.2. The second-order valence-electron chi connectivity index (χ2n) is 10.9. The summed E-state index contributed by atoms with van der Waals surface area (Å²) in [5.74, 6) is 2.40. The minimum atomic E-state index is 0.252. The van der Waals surface area contributed by atoms with Crippen LogP contribution in [-0.4, -0.2) is 59.0 Å². The van der Waals surface area contributed by atoms with Gasteiger partial charge in [0.25, 0.3) is 0 Å². The molecule has 0 saturated carbocycles. The predicted molar refractivity (Wildman–Crippen MR) is 166 cm³/mol. The number of H-pyrrole nitrogens is 1. The van der Waals surface area contributed by atoms with Gasteiger partial charge in [0.05, 0.1) is 12.8 Å². The Morgan fingerprint density at radius 3 is 2.46 bits per heavy atom. The highest BCUT2D eigenvalue weighted by molar-refractivity contribution is 5.76. The molecule has 1 aliphatic heterocycles. The van der Waals surface area contributed by atoms with Crippen LogP contribution in [0.3, 0.4) is 0 Å². The molecule has 214 valence electrons. The maximum Gasteiger partial charge on any atom is 0.222 e. The number of nitrogens with one attached hydrogen (secondary N) is 1. The van der Waals surface area contributed by atoms with E-state index in [9.17, 15) is 4.79 Å². The molecule has 0 bridgehead atoms. The normalized spacial score (nSPS) is 17.8. The lowest BCUT2D eigenvalue weighted by atomic mass is 9.99. The van der Waals surface area contributed by atoms with E-state index < -0.39 is 0 Å². The van der Waals surface area contributed by atoms with Gasteiger partial charge in [-0.3, -0.25) is 4.79 Å². The molecule has 6 heteroatoms. The van der Waals surface area contributed by atoms with Gasteiger partial charge < -0.3 is 19.5 Å². The average Bonchev–Trinajstić information content (AvgIpc) is 3.45. The van der Waals surface area contributed by atoms with Crippen LogP contribution in [0.25, 0.3) is 22.6 Å². The Bertz CT molecular complexity index is 1360. The van der Waals surface area contributed by atoms with Gasteiger partial charge in [-0.05, 0) is 62.3 Å². The zero-order valence-electron chi connectivity index (χ0n) is 24.4. The standard InChI is InChI=1S/C35H42N4O2/c1-27-13-8-5-3-4-6-11-17-32(27)38-23-25-39(26-24-38)33(40)18-12-16-31-34(28-14-9-7-10-15-28)37-35(36-31)29-19-21-30(41-2)22-20-29/h3-5,7-10,14-15,17,19-22,27H,6,11-13,16,18,23-26H2,1-2H3,(H,36,37). The number of nitrogens with zero attached hydrogens (tertiary/aromatic N) is 3. The van der Waals surface area contributed by atoms with Gasteiger partial charge in [-0.25, -0.2) is 4.98 Å². The number of amides is 1. The molecule has 0 spiro atoms. The second kappa shape index (κ2) is 14.0. The largest absolute Gasteiger partial charge is 0.497 e. The molecule has 1 saturated heterocycles. The summed E-state index contributed by atoms with van der Waals surface area (Å²) in [6, 6.07) is 18.2. The number of allylic oxidation sites excluding steroid dienone is 6. The Hall–Kier alpha value is -4.06. The highest BCUT2D eigenvalue weighted by Crippen LogP contribution is 2.29. The molecule has 1 aromatic heterocycles. The maximum absolute atomic E-state index is 13.2. The van der Waals surface area contributed by atoms with E-state index >= 15 is 0 Å². The average molecular weight is 551 g/mol. The van der Waals surface area contributed by atoms with Crippen LogP contribution in [0.15, 0.2) is 90.7 Å². The van der Waals surface area contributed by atoms with E-state index in [-0.39, 0.29) is 5.91 Å². The van der Waals surface area contributed by atoms with Crippen molar-refractivity contribution in [3.63, 3.8) is 0 Å². The predicted octanol–water partition coefficient (Wildman–Crippen LogP) is 7.04. The lowest BCUT2D eigenvalue weighted by Gasteiger charge is -2.39. The first-order valence-electron chi connectivity index (χ1n) is 15.0. The highest BCUT2D eigenvalue weighted by atomic mass is 16.5. The van der Waals surface area contributed by atoms with Crippen LogP contribution >= 0.6 is 0 Å². The Morgan fingerprint density at radius 1 is 0.951 bits per heavy atom. The van der Waals surface area contributed by atoms with Crippen molar-refractivity contribution < 1.29 is 9.53 Å². The van der Waals surface area contributed by atoms with E-state index in [1.807, 2.05) is 42.5 Å². The topological polar surface area (TPSA) is 61.5 Å². The number of hydrogen-bond donors (Lipinski definition) is 1. The van der Waals surface area contributed by atoms with Crippen molar-refractivity contribution in [1.29, 1.82) is 0 Å². The van der Waals surface area contributed by atoms with Crippen molar-refractivity contribution in [3.8, 4) is 28.4 Å². The Labute approximate surface area is 244 Å². The van der Waals surface area contributed by atoms with E-state index in [2.05, 4.69) is 64.2 Å². The number of benzene rings is 2. The quantitative estimate of drug-likeness (QED) is 0.327. The minimum Gasteiger partial charge on any atom is -0.497 e. The van der Waals surface area contributed by atoms with Crippen LogP contribution in [0, 0.1) is 5.92 Å². The van der Waals surface area contributed by atoms with Gasteiger partial charge >= 0.3 is 0 Å². The van der Waals surface area contributed by atoms with Crippen LogP contribution in [-0.2, 0) is 11.2 Å². The van der Waals surface area contributed by atoms with Gasteiger partial charge in [0, 0.05) is 55.1 Å². The molecule has 41 heavy (non-hydrogen) atoms. The van der Waals surface area contributed by atoms with Crippen molar-refractivity contribution in [3.05, 3.63) is 96.4 Å². The lowest BCUT2D eigenvalue weighted by molar-refractivity contribution is -0.132. The molecule has 1 N–H and O–H groups in total. The van der Waals surface area contributed by atoms with Gasteiger partial charge in [0.1, 0.15) is 11.6 Å². The number of imidazole rings is 1. The van der Waals surface area contributed by atoms with Crippen molar-refractivity contribution >= 4 is 5.91 Å². The van der Waals surface area contributed by atoms with Crippen LogP contribution < -0.4 is 4.74 Å². The molecule has 6 nitrogen and oxygen atoms in total. The summed E-state index contributed by atoms with van der Waals surface area (Å²) in [7, 11) is 1.67. The van der Waals surface area contributed by atoms with Gasteiger partial charge in [0.2, 0.25) is 5.91 Å². The number of aryl methyl sites for hydroxylation is 1. The number of methoxy groups -OCH3 is 1. The summed E-state index contributed by atoms with van der Waals surface area (Å²) in [6.07, 6.45) is 16.5. The zero-order valence-corrected chi connectivity index (χ0v) is 24.4. The molecule has 2 heterocycles. The molecule has 2 aliphatic rings. The van der Waals surface area contributed by atoms with Crippen LogP contribution in [0.5, 0.6) is 5.75 Å². The van der Waals surface area contributed by atoms with Gasteiger partial charge in [-0.15, -0.1) is 0 Å². The van der Waals surface area contributed by atoms with E-state index in [1.54, 1.807) is 7.11 Å². The molecule has 1 amide bonds. The molecule has 1 unspecified atom stereocenters. The summed E-state index contributed by atoms with van der Waals surface area (Å²) in [6.45, 7) is 5.72.